The van der Waals surface area contributed by atoms with E-state index in [0.29, 0.717) is 51.8 Å². The second kappa shape index (κ2) is 10.3. The van der Waals surface area contributed by atoms with E-state index in [4.69, 9.17) is 14.9 Å². The van der Waals surface area contributed by atoms with Gasteiger partial charge in [0.25, 0.3) is 0 Å². The standard InChI is InChI=1S/C28H24FN3O5/c29-18-7-5-16(6-8-18)14-36-22-13-17(9-11-31-22)25(32-12-10-30)24-23-21(28(34)35)15-37-27(23)20-4-2-1-3-19(20)26(24)33/h1-9,11,13,15,25,32-33H,10,12,14,30H2,(H,34,35). The summed E-state index contributed by atoms with van der Waals surface area (Å²) in [5, 5.41) is 26.1. The minimum absolute atomic E-state index is 0.0626. The summed E-state index contributed by atoms with van der Waals surface area (Å²) in [6, 6.07) is 15.9. The number of rotatable bonds is 9. The SMILES string of the molecule is NCCNC(c1ccnc(OCc2ccc(F)cc2)c1)c1c(O)c2ccccc2c2occ(C(=O)O)c12. The van der Waals surface area contributed by atoms with Gasteiger partial charge in [-0.25, -0.2) is 14.2 Å². The Morgan fingerprint density at radius 1 is 1.14 bits per heavy atom. The van der Waals surface area contributed by atoms with Crippen LogP contribution in [0.5, 0.6) is 11.6 Å². The van der Waals surface area contributed by atoms with Crippen LogP contribution >= 0.6 is 0 Å². The van der Waals surface area contributed by atoms with E-state index in [1.54, 1.807) is 54.7 Å². The zero-order valence-corrected chi connectivity index (χ0v) is 19.6. The van der Waals surface area contributed by atoms with Gasteiger partial charge < -0.3 is 30.4 Å². The number of fused-ring (bicyclic) bond motifs is 3. The average molecular weight is 502 g/mol. The molecule has 1 unspecified atom stereocenters. The van der Waals surface area contributed by atoms with Gasteiger partial charge in [0.2, 0.25) is 5.88 Å². The fourth-order valence-corrected chi connectivity index (χ4v) is 4.45. The number of halogens is 1. The van der Waals surface area contributed by atoms with Gasteiger partial charge in [-0.3, -0.25) is 0 Å². The minimum Gasteiger partial charge on any atom is -0.507 e. The van der Waals surface area contributed by atoms with Gasteiger partial charge in [0, 0.05) is 47.1 Å². The zero-order valence-electron chi connectivity index (χ0n) is 19.6. The van der Waals surface area contributed by atoms with Crippen molar-refractivity contribution in [2.24, 2.45) is 5.73 Å². The number of hydrogen-bond acceptors (Lipinski definition) is 7. The van der Waals surface area contributed by atoms with Crippen molar-refractivity contribution in [1.82, 2.24) is 10.3 Å². The third-order valence-corrected chi connectivity index (χ3v) is 6.15. The monoisotopic (exact) mass is 501 g/mol. The minimum atomic E-state index is -1.18. The van der Waals surface area contributed by atoms with Gasteiger partial charge >= 0.3 is 5.97 Å². The fraction of sp³-hybridized carbons (Fsp3) is 0.143. The molecule has 8 nitrogen and oxygen atoms in total. The van der Waals surface area contributed by atoms with E-state index in [2.05, 4.69) is 10.3 Å². The molecule has 3 aromatic carbocycles. The molecule has 2 heterocycles. The number of nitrogens with one attached hydrogen (secondary N) is 1. The number of ether oxygens (including phenoxy) is 1. The number of phenolic OH excluding ortho intramolecular Hbond substituents is 1. The van der Waals surface area contributed by atoms with E-state index < -0.39 is 12.0 Å². The Hall–Kier alpha value is -4.47. The molecular formula is C28H24FN3O5. The van der Waals surface area contributed by atoms with Crippen molar-refractivity contribution < 1.29 is 28.6 Å². The van der Waals surface area contributed by atoms with Crippen molar-refractivity contribution in [2.75, 3.05) is 13.1 Å². The Balaban J connectivity index is 1.63. The first-order valence-corrected chi connectivity index (χ1v) is 11.6. The van der Waals surface area contributed by atoms with Crippen molar-refractivity contribution >= 4 is 27.7 Å². The van der Waals surface area contributed by atoms with E-state index in [1.807, 2.05) is 0 Å². The van der Waals surface area contributed by atoms with Crippen molar-refractivity contribution in [2.45, 2.75) is 12.6 Å². The second-order valence-electron chi connectivity index (χ2n) is 8.48. The highest BCUT2D eigenvalue weighted by Gasteiger charge is 2.28. The zero-order chi connectivity index (χ0) is 25.9. The fourth-order valence-electron chi connectivity index (χ4n) is 4.45. The van der Waals surface area contributed by atoms with Crippen molar-refractivity contribution in [1.29, 1.82) is 0 Å². The quantitative estimate of drug-likeness (QED) is 0.228. The molecule has 5 rings (SSSR count). The number of aromatic nitrogens is 1. The Bertz CT molecular complexity index is 1580. The van der Waals surface area contributed by atoms with E-state index >= 15 is 0 Å². The van der Waals surface area contributed by atoms with Crippen LogP contribution in [-0.4, -0.2) is 34.3 Å². The van der Waals surface area contributed by atoms with Crippen LogP contribution in [0.3, 0.4) is 0 Å². The summed E-state index contributed by atoms with van der Waals surface area (Å²) in [7, 11) is 0. The molecule has 5 N–H and O–H groups in total. The molecule has 0 amide bonds. The van der Waals surface area contributed by atoms with Crippen LogP contribution in [0.25, 0.3) is 21.7 Å². The molecule has 2 aromatic heterocycles. The summed E-state index contributed by atoms with van der Waals surface area (Å²) >= 11 is 0. The van der Waals surface area contributed by atoms with Gasteiger partial charge in [-0.05, 0) is 29.3 Å². The lowest BCUT2D eigenvalue weighted by molar-refractivity contribution is 0.0698. The highest BCUT2D eigenvalue weighted by molar-refractivity contribution is 6.15. The number of carbonyl (C=O) groups is 1. The van der Waals surface area contributed by atoms with E-state index in [-0.39, 0.29) is 23.7 Å². The molecule has 0 spiro atoms. The maximum Gasteiger partial charge on any atom is 0.339 e. The van der Waals surface area contributed by atoms with E-state index in [1.165, 1.54) is 18.4 Å². The highest BCUT2D eigenvalue weighted by Crippen LogP contribution is 2.44. The predicted octanol–water partition coefficient (Wildman–Crippen LogP) is 4.74. The number of furan rings is 1. The molecule has 5 aromatic rings. The Morgan fingerprint density at radius 3 is 2.62 bits per heavy atom. The molecular weight excluding hydrogens is 477 g/mol. The van der Waals surface area contributed by atoms with Gasteiger partial charge in [0.1, 0.15) is 35.6 Å². The first-order valence-electron chi connectivity index (χ1n) is 11.6. The van der Waals surface area contributed by atoms with Gasteiger partial charge in [-0.15, -0.1) is 0 Å². The number of nitrogens with two attached hydrogens (primary N) is 1. The van der Waals surface area contributed by atoms with E-state index in [9.17, 15) is 19.4 Å². The Labute approximate surface area is 211 Å². The number of hydrogen-bond donors (Lipinski definition) is 4. The van der Waals surface area contributed by atoms with Gasteiger partial charge in [0.15, 0.2) is 0 Å². The Morgan fingerprint density at radius 2 is 1.89 bits per heavy atom. The number of nitrogens with zero attached hydrogens (tertiary/aromatic N) is 1. The molecule has 0 bridgehead atoms. The summed E-state index contributed by atoms with van der Waals surface area (Å²) in [5.41, 5.74) is 7.87. The maximum absolute atomic E-state index is 13.2. The van der Waals surface area contributed by atoms with Crippen molar-refractivity contribution in [3.8, 4) is 11.6 Å². The largest absolute Gasteiger partial charge is 0.507 e. The van der Waals surface area contributed by atoms with E-state index in [0.717, 1.165) is 5.56 Å². The maximum atomic E-state index is 13.2. The average Bonchev–Trinajstić information content (AvgIpc) is 3.36. The first kappa shape index (κ1) is 24.2. The molecule has 0 radical (unpaired) electrons. The predicted molar refractivity (Wildman–Crippen MR) is 136 cm³/mol. The third-order valence-electron chi connectivity index (χ3n) is 6.15. The molecule has 0 saturated heterocycles. The summed E-state index contributed by atoms with van der Waals surface area (Å²) in [5.74, 6) is -1.26. The molecule has 0 fully saturated rings. The first-order chi connectivity index (χ1) is 18.0. The summed E-state index contributed by atoms with van der Waals surface area (Å²) < 4.78 is 24.8. The summed E-state index contributed by atoms with van der Waals surface area (Å²) in [6.07, 6.45) is 2.75. The van der Waals surface area contributed by atoms with Crippen LogP contribution in [0.1, 0.15) is 33.1 Å². The topological polar surface area (TPSA) is 131 Å². The molecule has 0 aliphatic heterocycles. The van der Waals surface area contributed by atoms with Crippen LogP contribution in [0.15, 0.2) is 77.5 Å². The molecule has 1 atom stereocenters. The lowest BCUT2D eigenvalue weighted by Crippen LogP contribution is -2.28. The molecule has 0 saturated carbocycles. The van der Waals surface area contributed by atoms with Crippen LogP contribution in [0.4, 0.5) is 4.39 Å². The van der Waals surface area contributed by atoms with Gasteiger partial charge in [0.05, 0.1) is 6.04 Å². The van der Waals surface area contributed by atoms with Crippen LogP contribution < -0.4 is 15.8 Å². The molecule has 0 aliphatic carbocycles. The summed E-state index contributed by atoms with van der Waals surface area (Å²) in [4.78, 5) is 16.4. The van der Waals surface area contributed by atoms with Gasteiger partial charge in [-0.2, -0.15) is 0 Å². The lowest BCUT2D eigenvalue weighted by atomic mass is 9.90. The van der Waals surface area contributed by atoms with Crippen LogP contribution in [-0.2, 0) is 6.61 Å². The second-order valence-corrected chi connectivity index (χ2v) is 8.48. The number of aromatic carboxylic acids is 1. The Kier molecular flexibility index (Phi) is 6.72. The highest BCUT2D eigenvalue weighted by atomic mass is 19.1. The lowest BCUT2D eigenvalue weighted by Gasteiger charge is -2.23. The number of benzene rings is 3. The smallest absolute Gasteiger partial charge is 0.339 e. The molecule has 0 aliphatic rings. The van der Waals surface area contributed by atoms with Crippen LogP contribution in [0, 0.1) is 5.82 Å². The normalized spacial score (nSPS) is 12.2. The number of carboxylic acids is 1. The number of pyridine rings is 1. The van der Waals surface area contributed by atoms with Crippen molar-refractivity contribution in [3.63, 3.8) is 0 Å². The number of carboxylic acid groups (broad SMARTS) is 1. The molecule has 188 valence electrons. The van der Waals surface area contributed by atoms with Crippen molar-refractivity contribution in [3.05, 3.63) is 101 Å². The third kappa shape index (κ3) is 4.69. The molecule has 9 heteroatoms. The van der Waals surface area contributed by atoms with Gasteiger partial charge in [-0.1, -0.05) is 36.4 Å². The molecule has 37 heavy (non-hydrogen) atoms. The summed E-state index contributed by atoms with van der Waals surface area (Å²) in [6.45, 7) is 0.866. The number of aromatic hydroxyl groups is 1. The van der Waals surface area contributed by atoms with Crippen LogP contribution in [0.2, 0.25) is 0 Å². The number of phenols is 1.